The molecule has 122 valence electrons. The molecule has 4 rings (SSSR count). The Balaban J connectivity index is 1.89. The first kappa shape index (κ1) is 15.2. The van der Waals surface area contributed by atoms with Crippen molar-refractivity contribution in [1.29, 1.82) is 0 Å². The second kappa shape index (κ2) is 6.29. The topological polar surface area (TPSA) is 41.7 Å². The number of hydrogen-bond acceptors (Lipinski definition) is 1. The molecule has 0 saturated heterocycles. The van der Waals surface area contributed by atoms with Gasteiger partial charge in [-0.1, -0.05) is 60.7 Å². The molecule has 0 amide bonds. The number of carboxylic acids is 1. The Labute approximate surface area is 145 Å². The molecule has 2 aromatic heterocycles. The van der Waals surface area contributed by atoms with Crippen molar-refractivity contribution in [2.24, 2.45) is 0 Å². The van der Waals surface area contributed by atoms with Gasteiger partial charge in [-0.3, -0.25) is 0 Å². The lowest BCUT2D eigenvalue weighted by atomic mass is 9.98. The fourth-order valence-electron chi connectivity index (χ4n) is 3.27. The summed E-state index contributed by atoms with van der Waals surface area (Å²) in [4.78, 5) is 11.6. The molecule has 0 atom stereocenters. The van der Waals surface area contributed by atoms with Crippen LogP contribution in [0.15, 0.2) is 85.1 Å². The minimum absolute atomic E-state index is 0.324. The summed E-state index contributed by atoms with van der Waals surface area (Å²) in [6, 6.07) is 25.9. The Kier molecular flexibility index (Phi) is 3.82. The molecule has 2 heterocycles. The molecule has 0 fully saturated rings. The Morgan fingerprint density at radius 2 is 1.60 bits per heavy atom. The van der Waals surface area contributed by atoms with Crippen LogP contribution in [0.1, 0.15) is 21.5 Å². The SMILES string of the molecule is O=C(O)c1cc(-c2ccccc2Cc2ccccc2)n2ccccc12. The number of carboxylic acid groups (broad SMARTS) is 1. The fourth-order valence-corrected chi connectivity index (χ4v) is 3.27. The number of rotatable bonds is 4. The molecule has 0 aliphatic rings. The summed E-state index contributed by atoms with van der Waals surface area (Å²) >= 11 is 0. The average molecular weight is 327 g/mol. The number of benzene rings is 2. The van der Waals surface area contributed by atoms with Gasteiger partial charge in [-0.2, -0.15) is 0 Å². The maximum Gasteiger partial charge on any atom is 0.337 e. The summed E-state index contributed by atoms with van der Waals surface area (Å²) in [7, 11) is 0. The standard InChI is InChI=1S/C22H17NO2/c24-22(25)19-15-21(23-13-7-6-12-20(19)23)18-11-5-4-10-17(18)14-16-8-2-1-3-9-16/h1-13,15H,14H2,(H,24,25). The number of nitrogens with zero attached hydrogens (tertiary/aromatic N) is 1. The van der Waals surface area contributed by atoms with Crippen LogP contribution >= 0.6 is 0 Å². The highest BCUT2D eigenvalue weighted by Gasteiger charge is 2.17. The summed E-state index contributed by atoms with van der Waals surface area (Å²) in [5.41, 5.74) is 5.40. The lowest BCUT2D eigenvalue weighted by Gasteiger charge is -2.10. The molecular formula is C22H17NO2. The maximum atomic E-state index is 11.6. The van der Waals surface area contributed by atoms with Gasteiger partial charge in [-0.25, -0.2) is 4.79 Å². The molecule has 0 unspecified atom stereocenters. The van der Waals surface area contributed by atoms with Crippen molar-refractivity contribution in [2.75, 3.05) is 0 Å². The van der Waals surface area contributed by atoms with Crippen molar-refractivity contribution in [2.45, 2.75) is 6.42 Å². The van der Waals surface area contributed by atoms with Gasteiger partial charge in [-0.15, -0.1) is 0 Å². The first-order chi connectivity index (χ1) is 12.2. The molecule has 0 aliphatic carbocycles. The molecule has 1 N–H and O–H groups in total. The van der Waals surface area contributed by atoms with E-state index in [0.29, 0.717) is 11.1 Å². The number of hydrogen-bond donors (Lipinski definition) is 1. The van der Waals surface area contributed by atoms with Gasteiger partial charge in [0.05, 0.1) is 16.8 Å². The monoisotopic (exact) mass is 327 g/mol. The zero-order valence-electron chi connectivity index (χ0n) is 13.6. The van der Waals surface area contributed by atoms with Gasteiger partial charge in [0, 0.05) is 11.8 Å². The van der Waals surface area contributed by atoms with Crippen LogP contribution in [0.4, 0.5) is 0 Å². The van der Waals surface area contributed by atoms with E-state index in [1.165, 1.54) is 11.1 Å². The highest BCUT2D eigenvalue weighted by atomic mass is 16.4. The molecule has 0 bridgehead atoms. The molecule has 0 aliphatic heterocycles. The number of aromatic nitrogens is 1. The normalized spacial score (nSPS) is 10.9. The Bertz CT molecular complexity index is 1050. The van der Waals surface area contributed by atoms with E-state index in [9.17, 15) is 9.90 Å². The van der Waals surface area contributed by atoms with E-state index < -0.39 is 5.97 Å². The molecule has 25 heavy (non-hydrogen) atoms. The van der Waals surface area contributed by atoms with Crippen LogP contribution < -0.4 is 0 Å². The van der Waals surface area contributed by atoms with E-state index in [0.717, 1.165) is 17.7 Å². The van der Waals surface area contributed by atoms with Gasteiger partial charge >= 0.3 is 5.97 Å². The van der Waals surface area contributed by atoms with Crippen LogP contribution in [0.5, 0.6) is 0 Å². The van der Waals surface area contributed by atoms with E-state index >= 15 is 0 Å². The summed E-state index contributed by atoms with van der Waals surface area (Å²) in [5, 5.41) is 9.53. The zero-order chi connectivity index (χ0) is 17.2. The molecule has 0 radical (unpaired) electrons. The highest BCUT2D eigenvalue weighted by molar-refractivity contribution is 5.98. The summed E-state index contributed by atoms with van der Waals surface area (Å²) in [6.07, 6.45) is 2.72. The third-order valence-electron chi connectivity index (χ3n) is 4.44. The third kappa shape index (κ3) is 2.81. The molecule has 3 heteroatoms. The van der Waals surface area contributed by atoms with Crippen molar-refractivity contribution >= 4 is 11.5 Å². The molecule has 4 aromatic rings. The Morgan fingerprint density at radius 1 is 0.880 bits per heavy atom. The van der Waals surface area contributed by atoms with Crippen LogP contribution in [0.2, 0.25) is 0 Å². The van der Waals surface area contributed by atoms with Crippen LogP contribution in [0.3, 0.4) is 0 Å². The van der Waals surface area contributed by atoms with E-state index in [4.69, 9.17) is 0 Å². The minimum Gasteiger partial charge on any atom is -0.478 e. The predicted molar refractivity (Wildman–Crippen MR) is 99.0 cm³/mol. The number of carbonyl (C=O) groups is 1. The van der Waals surface area contributed by atoms with Gasteiger partial charge in [-0.05, 0) is 35.7 Å². The summed E-state index contributed by atoms with van der Waals surface area (Å²) < 4.78 is 1.95. The predicted octanol–water partition coefficient (Wildman–Crippen LogP) is 4.90. The second-order valence-corrected chi connectivity index (χ2v) is 6.02. The largest absolute Gasteiger partial charge is 0.478 e. The van der Waals surface area contributed by atoms with Gasteiger partial charge in [0.1, 0.15) is 0 Å². The van der Waals surface area contributed by atoms with Gasteiger partial charge in [0.25, 0.3) is 0 Å². The molecule has 0 saturated carbocycles. The third-order valence-corrected chi connectivity index (χ3v) is 4.44. The summed E-state index contributed by atoms with van der Waals surface area (Å²) in [6.45, 7) is 0. The second-order valence-electron chi connectivity index (χ2n) is 6.02. The Hall–Kier alpha value is -3.33. The quantitative estimate of drug-likeness (QED) is 0.579. The number of aromatic carboxylic acids is 1. The van der Waals surface area contributed by atoms with Crippen molar-refractivity contribution in [1.82, 2.24) is 4.40 Å². The van der Waals surface area contributed by atoms with Crippen LogP contribution in [-0.4, -0.2) is 15.5 Å². The Morgan fingerprint density at radius 3 is 2.40 bits per heavy atom. The van der Waals surface area contributed by atoms with Crippen LogP contribution in [0.25, 0.3) is 16.8 Å². The fraction of sp³-hybridized carbons (Fsp3) is 0.0455. The lowest BCUT2D eigenvalue weighted by molar-refractivity contribution is 0.0699. The van der Waals surface area contributed by atoms with E-state index in [1.54, 1.807) is 6.07 Å². The smallest absolute Gasteiger partial charge is 0.337 e. The van der Waals surface area contributed by atoms with Gasteiger partial charge < -0.3 is 9.51 Å². The van der Waals surface area contributed by atoms with E-state index in [1.807, 2.05) is 59.1 Å². The first-order valence-electron chi connectivity index (χ1n) is 8.19. The zero-order valence-corrected chi connectivity index (χ0v) is 13.6. The molecule has 2 aromatic carbocycles. The first-order valence-corrected chi connectivity index (χ1v) is 8.19. The van der Waals surface area contributed by atoms with Crippen LogP contribution in [0, 0.1) is 0 Å². The number of fused-ring (bicyclic) bond motifs is 1. The summed E-state index contributed by atoms with van der Waals surface area (Å²) in [5.74, 6) is -0.907. The lowest BCUT2D eigenvalue weighted by Crippen LogP contribution is -1.95. The average Bonchev–Trinajstić information content (AvgIpc) is 3.03. The van der Waals surface area contributed by atoms with E-state index in [-0.39, 0.29) is 0 Å². The van der Waals surface area contributed by atoms with Gasteiger partial charge in [0.2, 0.25) is 0 Å². The molecular weight excluding hydrogens is 310 g/mol. The number of pyridine rings is 1. The van der Waals surface area contributed by atoms with Crippen molar-refractivity contribution < 1.29 is 9.90 Å². The molecule has 0 spiro atoms. The van der Waals surface area contributed by atoms with Crippen LogP contribution in [-0.2, 0) is 6.42 Å². The van der Waals surface area contributed by atoms with Crippen molar-refractivity contribution in [3.63, 3.8) is 0 Å². The van der Waals surface area contributed by atoms with E-state index in [2.05, 4.69) is 24.3 Å². The highest BCUT2D eigenvalue weighted by Crippen LogP contribution is 2.30. The minimum atomic E-state index is -0.907. The van der Waals surface area contributed by atoms with Crippen molar-refractivity contribution in [3.05, 3.63) is 102 Å². The molecule has 3 nitrogen and oxygen atoms in total. The van der Waals surface area contributed by atoms with Crippen molar-refractivity contribution in [3.8, 4) is 11.3 Å². The maximum absolute atomic E-state index is 11.6. The van der Waals surface area contributed by atoms with Gasteiger partial charge in [0.15, 0.2) is 0 Å².